The fourth-order valence-corrected chi connectivity index (χ4v) is 3.56. The van der Waals surface area contributed by atoms with E-state index in [2.05, 4.69) is 9.99 Å². The van der Waals surface area contributed by atoms with Crippen molar-refractivity contribution >= 4 is 40.4 Å². The van der Waals surface area contributed by atoms with E-state index in [1.165, 1.54) is 18.2 Å². The molecule has 112 valence electrons. The molecule has 7 heteroatoms. The number of thioether (sulfide) groups is 1. The van der Waals surface area contributed by atoms with Gasteiger partial charge in [-0.25, -0.2) is 9.66 Å². The van der Waals surface area contributed by atoms with E-state index >= 15 is 0 Å². The van der Waals surface area contributed by atoms with Crippen molar-refractivity contribution in [3.05, 3.63) is 23.2 Å². The third kappa shape index (κ3) is 2.96. The van der Waals surface area contributed by atoms with Crippen LogP contribution in [-0.4, -0.2) is 39.6 Å². The number of carboxylic acid groups (broad SMARTS) is 1. The molecule has 21 heavy (non-hydrogen) atoms. The van der Waals surface area contributed by atoms with Gasteiger partial charge >= 0.3 is 5.97 Å². The van der Waals surface area contributed by atoms with E-state index in [-0.39, 0.29) is 5.75 Å². The van der Waals surface area contributed by atoms with Gasteiger partial charge in [0.1, 0.15) is 5.52 Å². The third-order valence-electron chi connectivity index (χ3n) is 3.52. The highest BCUT2D eigenvalue weighted by Gasteiger charge is 2.20. The van der Waals surface area contributed by atoms with Crippen molar-refractivity contribution in [3.8, 4) is 0 Å². The first-order chi connectivity index (χ1) is 10.2. The minimum absolute atomic E-state index is 0.00518. The number of aliphatic carboxylic acids is 1. The molecule has 1 saturated heterocycles. The molecule has 1 N–H and O–H groups in total. The summed E-state index contributed by atoms with van der Waals surface area (Å²) < 4.78 is 2.04. The number of rotatable bonds is 4. The van der Waals surface area contributed by atoms with Crippen LogP contribution in [0.5, 0.6) is 0 Å². The number of halogens is 1. The molecule has 0 amide bonds. The highest BCUT2D eigenvalue weighted by atomic mass is 35.5. The zero-order chi connectivity index (χ0) is 14.8. The van der Waals surface area contributed by atoms with E-state index in [4.69, 9.17) is 16.7 Å². The smallest absolute Gasteiger partial charge is 0.313 e. The number of carbonyl (C=O) groups is 1. The molecule has 1 aliphatic rings. The van der Waals surface area contributed by atoms with Crippen molar-refractivity contribution in [1.29, 1.82) is 0 Å². The summed E-state index contributed by atoms with van der Waals surface area (Å²) in [5.41, 5.74) is 1.68. The van der Waals surface area contributed by atoms with Crippen LogP contribution in [0, 0.1) is 0 Å². The number of para-hydroxylation sites is 1. The number of hydrogen-bond acceptors (Lipinski definition) is 4. The summed E-state index contributed by atoms with van der Waals surface area (Å²) in [4.78, 5) is 15.4. The molecule has 2 heterocycles. The summed E-state index contributed by atoms with van der Waals surface area (Å²) in [6, 6.07) is 5.69. The van der Waals surface area contributed by atoms with Crippen LogP contribution in [0.4, 0.5) is 0 Å². The van der Waals surface area contributed by atoms with Crippen molar-refractivity contribution in [1.82, 2.24) is 9.66 Å². The van der Waals surface area contributed by atoms with Gasteiger partial charge in [0.25, 0.3) is 0 Å². The predicted molar refractivity (Wildman–Crippen MR) is 84.9 cm³/mol. The molecule has 0 spiro atoms. The monoisotopic (exact) mass is 325 g/mol. The maximum Gasteiger partial charge on any atom is 0.313 e. The van der Waals surface area contributed by atoms with Gasteiger partial charge in [-0.05, 0) is 31.4 Å². The van der Waals surface area contributed by atoms with E-state index < -0.39 is 5.97 Å². The number of nitrogens with zero attached hydrogens (tertiary/aromatic N) is 3. The van der Waals surface area contributed by atoms with E-state index in [1.54, 1.807) is 0 Å². The van der Waals surface area contributed by atoms with Gasteiger partial charge in [0.2, 0.25) is 0 Å². The van der Waals surface area contributed by atoms with Gasteiger partial charge in [-0.2, -0.15) is 0 Å². The molecule has 1 aromatic carbocycles. The second-order valence-corrected chi connectivity index (χ2v) is 6.36. The van der Waals surface area contributed by atoms with Crippen LogP contribution in [0.25, 0.3) is 11.0 Å². The number of hydrogen-bond donors (Lipinski definition) is 1. The highest BCUT2D eigenvalue weighted by Crippen LogP contribution is 2.29. The number of piperidine rings is 1. The summed E-state index contributed by atoms with van der Waals surface area (Å²) in [6.45, 7) is 1.91. The van der Waals surface area contributed by atoms with E-state index in [0.717, 1.165) is 37.0 Å². The second-order valence-electron chi connectivity index (χ2n) is 5.01. The van der Waals surface area contributed by atoms with E-state index in [0.29, 0.717) is 10.2 Å². The first-order valence-corrected chi connectivity index (χ1v) is 8.30. The molecule has 0 saturated carbocycles. The Morgan fingerprint density at radius 2 is 2.10 bits per heavy atom. The zero-order valence-corrected chi connectivity index (χ0v) is 13.0. The summed E-state index contributed by atoms with van der Waals surface area (Å²) in [5.74, 6) is -0.849. The summed E-state index contributed by atoms with van der Waals surface area (Å²) >= 11 is 7.46. The topological polar surface area (TPSA) is 58.4 Å². The number of imidazole rings is 1. The summed E-state index contributed by atoms with van der Waals surface area (Å²) in [6.07, 6.45) is 3.52. The Balaban J connectivity index is 2.06. The Labute approximate surface area is 131 Å². The number of aromatic nitrogens is 2. The van der Waals surface area contributed by atoms with Crippen LogP contribution in [0.15, 0.2) is 23.4 Å². The maximum atomic E-state index is 10.8. The second kappa shape index (κ2) is 6.15. The molecule has 0 unspecified atom stereocenters. The van der Waals surface area contributed by atoms with Gasteiger partial charge in [-0.15, -0.1) is 0 Å². The number of benzene rings is 1. The lowest BCUT2D eigenvalue weighted by Gasteiger charge is -2.31. The quantitative estimate of drug-likeness (QED) is 0.876. The van der Waals surface area contributed by atoms with Crippen LogP contribution < -0.4 is 5.01 Å². The van der Waals surface area contributed by atoms with Crippen LogP contribution in [0.3, 0.4) is 0 Å². The standard InChI is InChI=1S/C14H16ClN3O2S/c15-10-5-4-6-11-13(10)16-14(21-9-12(19)20)18(11)17-7-2-1-3-8-17/h4-6H,1-3,7-9H2,(H,19,20). The Hall–Kier alpha value is -1.40. The molecular weight excluding hydrogens is 310 g/mol. The lowest BCUT2D eigenvalue weighted by molar-refractivity contribution is -0.133. The van der Waals surface area contributed by atoms with Crippen LogP contribution in [0.2, 0.25) is 5.02 Å². The van der Waals surface area contributed by atoms with Crippen LogP contribution >= 0.6 is 23.4 Å². The lowest BCUT2D eigenvalue weighted by Crippen LogP contribution is -2.39. The van der Waals surface area contributed by atoms with Gasteiger partial charge in [0, 0.05) is 13.1 Å². The van der Waals surface area contributed by atoms with Crippen molar-refractivity contribution in [2.24, 2.45) is 0 Å². The number of carboxylic acids is 1. The number of fused-ring (bicyclic) bond motifs is 1. The predicted octanol–water partition coefficient (Wildman–Crippen LogP) is 2.99. The van der Waals surface area contributed by atoms with Crippen molar-refractivity contribution < 1.29 is 9.90 Å². The van der Waals surface area contributed by atoms with Gasteiger partial charge in [0.15, 0.2) is 5.16 Å². The zero-order valence-electron chi connectivity index (χ0n) is 11.5. The molecule has 1 aliphatic heterocycles. The average molecular weight is 326 g/mol. The van der Waals surface area contributed by atoms with E-state index in [1.807, 2.05) is 22.9 Å². The van der Waals surface area contributed by atoms with E-state index in [9.17, 15) is 4.79 Å². The molecule has 0 radical (unpaired) electrons. The molecule has 0 bridgehead atoms. The minimum Gasteiger partial charge on any atom is -0.481 e. The minimum atomic E-state index is -0.844. The molecule has 5 nitrogen and oxygen atoms in total. The first-order valence-electron chi connectivity index (χ1n) is 6.93. The van der Waals surface area contributed by atoms with Gasteiger partial charge in [0.05, 0.1) is 16.3 Å². The highest BCUT2D eigenvalue weighted by molar-refractivity contribution is 7.99. The van der Waals surface area contributed by atoms with Crippen molar-refractivity contribution in [2.75, 3.05) is 23.9 Å². The first kappa shape index (κ1) is 14.5. The fourth-order valence-electron chi connectivity index (χ4n) is 2.60. The largest absolute Gasteiger partial charge is 0.481 e. The Morgan fingerprint density at radius 3 is 2.81 bits per heavy atom. The lowest BCUT2D eigenvalue weighted by atomic mass is 10.2. The average Bonchev–Trinajstić information content (AvgIpc) is 2.86. The molecule has 0 aliphatic carbocycles. The fraction of sp³-hybridized carbons (Fsp3) is 0.429. The van der Waals surface area contributed by atoms with Crippen molar-refractivity contribution in [3.63, 3.8) is 0 Å². The molecule has 0 atom stereocenters. The maximum absolute atomic E-state index is 10.8. The van der Waals surface area contributed by atoms with Gasteiger partial charge in [-0.3, -0.25) is 4.79 Å². The molecule has 1 aromatic heterocycles. The van der Waals surface area contributed by atoms with Crippen molar-refractivity contribution in [2.45, 2.75) is 24.4 Å². The molecule has 2 aromatic rings. The van der Waals surface area contributed by atoms with Crippen LogP contribution in [-0.2, 0) is 4.79 Å². The van der Waals surface area contributed by atoms with Gasteiger partial charge in [-0.1, -0.05) is 29.4 Å². The van der Waals surface area contributed by atoms with Crippen LogP contribution in [0.1, 0.15) is 19.3 Å². The Kier molecular flexibility index (Phi) is 4.26. The molecular formula is C14H16ClN3O2S. The normalized spacial score (nSPS) is 15.6. The molecule has 1 fully saturated rings. The molecule has 3 rings (SSSR count). The summed E-state index contributed by atoms with van der Waals surface area (Å²) in [5, 5.41) is 12.4. The Bertz CT molecular complexity index is 668. The third-order valence-corrected chi connectivity index (χ3v) is 4.74. The van der Waals surface area contributed by atoms with Gasteiger partial charge < -0.3 is 10.1 Å². The Morgan fingerprint density at radius 1 is 1.33 bits per heavy atom. The SMILES string of the molecule is O=C(O)CSc1nc2c(Cl)cccc2n1N1CCCCC1. The summed E-state index contributed by atoms with van der Waals surface area (Å²) in [7, 11) is 0.